The van der Waals surface area contributed by atoms with Crippen molar-refractivity contribution in [3.05, 3.63) is 29.8 Å². The van der Waals surface area contributed by atoms with Crippen LogP contribution in [-0.2, 0) is 4.79 Å². The van der Waals surface area contributed by atoms with E-state index in [0.717, 1.165) is 25.1 Å². The van der Waals surface area contributed by atoms with Crippen LogP contribution in [0.1, 0.15) is 44.0 Å². The molecule has 1 fully saturated rings. The van der Waals surface area contributed by atoms with Gasteiger partial charge in [0.25, 0.3) is 0 Å². The summed E-state index contributed by atoms with van der Waals surface area (Å²) in [6.07, 6.45) is 1.92. The summed E-state index contributed by atoms with van der Waals surface area (Å²) in [4.78, 5) is 24.1. The molecule has 4 nitrogen and oxygen atoms in total. The first-order valence-corrected chi connectivity index (χ1v) is 7.07. The molecule has 0 aliphatic carbocycles. The molecule has 1 heterocycles. The third-order valence-electron chi connectivity index (χ3n) is 3.47. The lowest BCUT2D eigenvalue weighted by molar-refractivity contribution is -0.117. The van der Waals surface area contributed by atoms with Crippen LogP contribution in [0.4, 0.5) is 5.69 Å². The zero-order valence-electron chi connectivity index (χ0n) is 12.3. The predicted molar refractivity (Wildman–Crippen MR) is 79.9 cm³/mol. The van der Waals surface area contributed by atoms with Gasteiger partial charge >= 0.3 is 0 Å². The van der Waals surface area contributed by atoms with E-state index < -0.39 is 5.41 Å². The van der Waals surface area contributed by atoms with Gasteiger partial charge in [-0.1, -0.05) is 20.8 Å². The van der Waals surface area contributed by atoms with Crippen LogP contribution >= 0.6 is 0 Å². The first-order valence-electron chi connectivity index (χ1n) is 7.07. The fourth-order valence-corrected chi connectivity index (χ4v) is 2.28. The van der Waals surface area contributed by atoms with Crippen molar-refractivity contribution in [2.45, 2.75) is 39.7 Å². The standard InChI is InChI=1S/C16H22N2O2/c1-16(2,3)14(19)11-6-8-12(9-7-11)18-15(20)13-5-4-10-17-13/h6-9,13,17H,4-5,10H2,1-3H3,(H,18,20). The van der Waals surface area contributed by atoms with Gasteiger partial charge in [-0.3, -0.25) is 9.59 Å². The number of carbonyl (C=O) groups excluding carboxylic acids is 2. The lowest BCUT2D eigenvalue weighted by atomic mass is 9.86. The van der Waals surface area contributed by atoms with Gasteiger partial charge in [0.2, 0.25) is 5.91 Å². The number of rotatable bonds is 3. The molecule has 4 heteroatoms. The maximum absolute atomic E-state index is 12.1. The van der Waals surface area contributed by atoms with E-state index in [4.69, 9.17) is 0 Å². The molecule has 1 aliphatic rings. The Labute approximate surface area is 119 Å². The molecule has 1 aliphatic heterocycles. The highest BCUT2D eigenvalue weighted by atomic mass is 16.2. The number of hydrogen-bond acceptors (Lipinski definition) is 3. The molecule has 0 aromatic heterocycles. The Kier molecular flexibility index (Phi) is 4.23. The number of Topliss-reactive ketones (excluding diaryl/α,β-unsaturated/α-hetero) is 1. The smallest absolute Gasteiger partial charge is 0.241 e. The normalized spacial score (nSPS) is 18.9. The Hall–Kier alpha value is -1.68. The summed E-state index contributed by atoms with van der Waals surface area (Å²) in [5.74, 6) is 0.102. The summed E-state index contributed by atoms with van der Waals surface area (Å²) < 4.78 is 0. The lowest BCUT2D eigenvalue weighted by Gasteiger charge is -2.17. The molecule has 1 amide bonds. The number of benzene rings is 1. The summed E-state index contributed by atoms with van der Waals surface area (Å²) in [7, 11) is 0. The first-order chi connectivity index (χ1) is 9.38. The Morgan fingerprint density at radius 2 is 1.85 bits per heavy atom. The second-order valence-electron chi connectivity index (χ2n) is 6.29. The van der Waals surface area contributed by atoms with Crippen molar-refractivity contribution in [1.29, 1.82) is 0 Å². The van der Waals surface area contributed by atoms with Crippen molar-refractivity contribution in [1.82, 2.24) is 5.32 Å². The summed E-state index contributed by atoms with van der Waals surface area (Å²) in [5, 5.41) is 6.04. The molecule has 1 aromatic rings. The summed E-state index contributed by atoms with van der Waals surface area (Å²) in [5.41, 5.74) is 1.02. The average Bonchev–Trinajstić information content (AvgIpc) is 2.91. The van der Waals surface area contributed by atoms with E-state index in [1.54, 1.807) is 24.3 Å². The SMILES string of the molecule is CC(C)(C)C(=O)c1ccc(NC(=O)C2CCCN2)cc1. The maximum Gasteiger partial charge on any atom is 0.241 e. The van der Waals surface area contributed by atoms with Crippen LogP contribution in [0.3, 0.4) is 0 Å². The third-order valence-corrected chi connectivity index (χ3v) is 3.47. The van der Waals surface area contributed by atoms with Gasteiger partial charge < -0.3 is 10.6 Å². The van der Waals surface area contributed by atoms with Crippen LogP contribution in [0.5, 0.6) is 0 Å². The quantitative estimate of drug-likeness (QED) is 0.833. The molecule has 1 aromatic carbocycles. The summed E-state index contributed by atoms with van der Waals surface area (Å²) in [6.45, 7) is 6.60. The Morgan fingerprint density at radius 1 is 1.20 bits per heavy atom. The van der Waals surface area contributed by atoms with E-state index in [-0.39, 0.29) is 17.7 Å². The minimum Gasteiger partial charge on any atom is -0.325 e. The third kappa shape index (κ3) is 3.45. The van der Waals surface area contributed by atoms with E-state index in [2.05, 4.69) is 10.6 Å². The van der Waals surface area contributed by atoms with E-state index >= 15 is 0 Å². The highest BCUT2D eigenvalue weighted by molar-refractivity contribution is 6.00. The molecule has 20 heavy (non-hydrogen) atoms. The van der Waals surface area contributed by atoms with Crippen LogP contribution < -0.4 is 10.6 Å². The maximum atomic E-state index is 12.1. The van der Waals surface area contributed by atoms with E-state index in [9.17, 15) is 9.59 Å². The minimum atomic E-state index is -0.390. The van der Waals surface area contributed by atoms with Gasteiger partial charge in [-0.2, -0.15) is 0 Å². The van der Waals surface area contributed by atoms with Crippen molar-refractivity contribution in [2.75, 3.05) is 11.9 Å². The molecule has 1 saturated heterocycles. The van der Waals surface area contributed by atoms with Crippen LogP contribution in [0.2, 0.25) is 0 Å². The van der Waals surface area contributed by atoms with E-state index in [0.29, 0.717) is 5.56 Å². The molecule has 0 spiro atoms. The Bertz CT molecular complexity index is 494. The summed E-state index contributed by atoms with van der Waals surface area (Å²) in [6, 6.07) is 7.01. The number of hydrogen-bond donors (Lipinski definition) is 2. The second kappa shape index (κ2) is 5.75. The second-order valence-corrected chi connectivity index (χ2v) is 6.29. The fourth-order valence-electron chi connectivity index (χ4n) is 2.28. The highest BCUT2D eigenvalue weighted by Crippen LogP contribution is 2.22. The van der Waals surface area contributed by atoms with Crippen LogP contribution in [-0.4, -0.2) is 24.3 Å². The number of ketones is 1. The Balaban J connectivity index is 2.01. The molecule has 108 valence electrons. The molecule has 2 N–H and O–H groups in total. The minimum absolute atomic E-state index is 0.00241. The Morgan fingerprint density at radius 3 is 2.35 bits per heavy atom. The molecule has 0 saturated carbocycles. The highest BCUT2D eigenvalue weighted by Gasteiger charge is 2.24. The van der Waals surface area contributed by atoms with E-state index in [1.165, 1.54) is 0 Å². The average molecular weight is 274 g/mol. The molecule has 0 radical (unpaired) electrons. The molecule has 1 unspecified atom stereocenters. The van der Waals surface area contributed by atoms with Gasteiger partial charge in [-0.15, -0.1) is 0 Å². The van der Waals surface area contributed by atoms with Crippen molar-refractivity contribution < 1.29 is 9.59 Å². The van der Waals surface area contributed by atoms with Gasteiger partial charge in [0.05, 0.1) is 6.04 Å². The topological polar surface area (TPSA) is 58.2 Å². The van der Waals surface area contributed by atoms with Crippen molar-refractivity contribution in [2.24, 2.45) is 5.41 Å². The molecule has 0 bridgehead atoms. The fraction of sp³-hybridized carbons (Fsp3) is 0.500. The van der Waals surface area contributed by atoms with Gasteiger partial charge in [0.15, 0.2) is 5.78 Å². The van der Waals surface area contributed by atoms with Gasteiger partial charge in [0, 0.05) is 16.7 Å². The van der Waals surface area contributed by atoms with Crippen molar-refractivity contribution in [3.8, 4) is 0 Å². The number of anilines is 1. The van der Waals surface area contributed by atoms with E-state index in [1.807, 2.05) is 20.8 Å². The van der Waals surface area contributed by atoms with Crippen LogP contribution in [0.15, 0.2) is 24.3 Å². The number of carbonyl (C=O) groups is 2. The van der Waals surface area contributed by atoms with Crippen LogP contribution in [0, 0.1) is 5.41 Å². The zero-order chi connectivity index (χ0) is 14.8. The molecular weight excluding hydrogens is 252 g/mol. The monoisotopic (exact) mass is 274 g/mol. The molecular formula is C16H22N2O2. The first kappa shape index (κ1) is 14.7. The lowest BCUT2D eigenvalue weighted by Crippen LogP contribution is -2.35. The largest absolute Gasteiger partial charge is 0.325 e. The number of nitrogens with one attached hydrogen (secondary N) is 2. The van der Waals surface area contributed by atoms with Crippen molar-refractivity contribution >= 4 is 17.4 Å². The zero-order valence-corrected chi connectivity index (χ0v) is 12.3. The van der Waals surface area contributed by atoms with Crippen molar-refractivity contribution in [3.63, 3.8) is 0 Å². The van der Waals surface area contributed by atoms with Gasteiger partial charge in [0.1, 0.15) is 0 Å². The predicted octanol–water partition coefficient (Wildman–Crippen LogP) is 2.61. The number of amides is 1. The van der Waals surface area contributed by atoms with Gasteiger partial charge in [-0.05, 0) is 43.7 Å². The molecule has 2 rings (SSSR count). The van der Waals surface area contributed by atoms with Gasteiger partial charge in [-0.25, -0.2) is 0 Å². The summed E-state index contributed by atoms with van der Waals surface area (Å²) >= 11 is 0. The molecule has 1 atom stereocenters. The van der Waals surface area contributed by atoms with Crippen LogP contribution in [0.25, 0.3) is 0 Å².